The lowest BCUT2D eigenvalue weighted by Crippen LogP contribution is -2.62. The first-order valence-corrected chi connectivity index (χ1v) is 6.32. The summed E-state index contributed by atoms with van der Waals surface area (Å²) < 4.78 is 1.36. The standard InChI is InChI=1S/C11H11N3O3S/c1-11(17)5-13(6-11)8(15)7-4-12-10-14(9(7)16)2-3-18-10/h2-4,17H,5-6H2,1H3. The summed E-state index contributed by atoms with van der Waals surface area (Å²) in [5, 5.41) is 11.3. The maximum absolute atomic E-state index is 12.1. The molecule has 7 heteroatoms. The Hall–Kier alpha value is -1.73. The van der Waals surface area contributed by atoms with Crippen molar-refractivity contribution < 1.29 is 9.90 Å². The number of aromatic nitrogens is 2. The third-order valence-electron chi connectivity index (χ3n) is 2.92. The molecule has 1 amide bonds. The Morgan fingerprint density at radius 1 is 1.56 bits per heavy atom. The summed E-state index contributed by atoms with van der Waals surface area (Å²) in [5.41, 5.74) is -1.16. The molecule has 2 aromatic heterocycles. The second-order valence-corrected chi connectivity index (χ2v) is 5.56. The smallest absolute Gasteiger partial charge is 0.271 e. The highest BCUT2D eigenvalue weighted by Gasteiger charge is 2.40. The molecule has 94 valence electrons. The van der Waals surface area contributed by atoms with E-state index < -0.39 is 5.60 Å². The predicted octanol–water partition coefficient (Wildman–Crippen LogP) is -0.0372. The Balaban J connectivity index is 1.97. The fourth-order valence-corrected chi connectivity index (χ4v) is 2.74. The molecule has 0 spiro atoms. The van der Waals surface area contributed by atoms with E-state index in [1.165, 1.54) is 26.8 Å². The molecule has 0 saturated carbocycles. The first kappa shape index (κ1) is 11.4. The van der Waals surface area contributed by atoms with Gasteiger partial charge < -0.3 is 10.0 Å². The third-order valence-corrected chi connectivity index (χ3v) is 3.69. The van der Waals surface area contributed by atoms with Crippen LogP contribution < -0.4 is 5.56 Å². The van der Waals surface area contributed by atoms with E-state index in [2.05, 4.69) is 4.98 Å². The normalized spacial score (nSPS) is 17.8. The quantitative estimate of drug-likeness (QED) is 0.785. The number of hydrogen-bond donors (Lipinski definition) is 1. The number of carbonyl (C=O) groups is 1. The van der Waals surface area contributed by atoms with Gasteiger partial charge in [-0.3, -0.25) is 14.0 Å². The largest absolute Gasteiger partial charge is 0.386 e. The van der Waals surface area contributed by atoms with E-state index in [0.717, 1.165) is 0 Å². The Morgan fingerprint density at radius 2 is 2.28 bits per heavy atom. The van der Waals surface area contributed by atoms with Crippen LogP contribution >= 0.6 is 11.3 Å². The molecule has 0 aromatic carbocycles. The van der Waals surface area contributed by atoms with Gasteiger partial charge in [-0.15, -0.1) is 11.3 Å². The SMILES string of the molecule is CC1(O)CN(C(=O)c2cnc3sccn3c2=O)C1. The lowest BCUT2D eigenvalue weighted by Gasteiger charge is -2.43. The number of aliphatic hydroxyl groups is 1. The molecule has 1 aliphatic heterocycles. The monoisotopic (exact) mass is 265 g/mol. The van der Waals surface area contributed by atoms with Crippen LogP contribution in [-0.2, 0) is 0 Å². The average Bonchev–Trinajstić information content (AvgIpc) is 2.74. The zero-order valence-electron chi connectivity index (χ0n) is 9.66. The molecule has 2 aromatic rings. The molecule has 3 rings (SSSR count). The van der Waals surface area contributed by atoms with Crippen LogP contribution in [0, 0.1) is 0 Å². The maximum atomic E-state index is 12.1. The fourth-order valence-electron chi connectivity index (χ4n) is 2.06. The maximum Gasteiger partial charge on any atom is 0.271 e. The number of β-amino-alcohol motifs (C(OH)–C–C–N with tert-alkyl or cyclic N) is 1. The molecule has 0 bridgehead atoms. The second-order valence-electron chi connectivity index (χ2n) is 4.69. The highest BCUT2D eigenvalue weighted by atomic mass is 32.1. The first-order chi connectivity index (χ1) is 8.48. The van der Waals surface area contributed by atoms with Crippen LogP contribution in [-0.4, -0.2) is 44.0 Å². The van der Waals surface area contributed by atoms with E-state index >= 15 is 0 Å². The Labute approximate surface area is 106 Å². The van der Waals surface area contributed by atoms with Crippen LogP contribution in [0.1, 0.15) is 17.3 Å². The van der Waals surface area contributed by atoms with Crippen molar-refractivity contribution in [3.05, 3.63) is 33.7 Å². The predicted molar refractivity (Wildman–Crippen MR) is 65.9 cm³/mol. The summed E-state index contributed by atoms with van der Waals surface area (Å²) in [6.45, 7) is 2.15. The van der Waals surface area contributed by atoms with Gasteiger partial charge in [-0.05, 0) is 6.92 Å². The molecule has 18 heavy (non-hydrogen) atoms. The number of carbonyl (C=O) groups excluding carboxylic acids is 1. The van der Waals surface area contributed by atoms with Gasteiger partial charge in [0.1, 0.15) is 5.56 Å². The molecule has 0 atom stereocenters. The lowest BCUT2D eigenvalue weighted by molar-refractivity contribution is -0.0669. The molecule has 1 aliphatic rings. The Bertz CT molecular complexity index is 680. The van der Waals surface area contributed by atoms with E-state index in [1.54, 1.807) is 18.5 Å². The number of likely N-dealkylation sites (tertiary alicyclic amines) is 1. The molecule has 6 nitrogen and oxygen atoms in total. The minimum absolute atomic E-state index is 0.0430. The van der Waals surface area contributed by atoms with Gasteiger partial charge in [0.15, 0.2) is 4.96 Å². The number of thiazole rings is 1. The molecule has 3 heterocycles. The molecule has 1 fully saturated rings. The van der Waals surface area contributed by atoms with Gasteiger partial charge >= 0.3 is 0 Å². The summed E-state index contributed by atoms with van der Waals surface area (Å²) in [6, 6.07) is 0. The van der Waals surface area contributed by atoms with E-state index in [-0.39, 0.29) is 30.1 Å². The minimum atomic E-state index is -0.842. The molecule has 0 unspecified atom stereocenters. The van der Waals surface area contributed by atoms with Gasteiger partial charge in [-0.1, -0.05) is 0 Å². The lowest BCUT2D eigenvalue weighted by atomic mass is 9.96. The van der Waals surface area contributed by atoms with Crippen LogP contribution in [0.4, 0.5) is 0 Å². The van der Waals surface area contributed by atoms with Crippen molar-refractivity contribution in [2.45, 2.75) is 12.5 Å². The fraction of sp³-hybridized carbons (Fsp3) is 0.364. The molecule has 0 radical (unpaired) electrons. The zero-order valence-corrected chi connectivity index (χ0v) is 10.5. The summed E-state index contributed by atoms with van der Waals surface area (Å²) in [4.78, 5) is 30.2. The van der Waals surface area contributed by atoms with Crippen molar-refractivity contribution in [1.29, 1.82) is 0 Å². The highest BCUT2D eigenvalue weighted by molar-refractivity contribution is 7.15. The average molecular weight is 265 g/mol. The van der Waals surface area contributed by atoms with Gasteiger partial charge in [-0.25, -0.2) is 4.98 Å². The van der Waals surface area contributed by atoms with Crippen LogP contribution in [0.2, 0.25) is 0 Å². The van der Waals surface area contributed by atoms with Crippen molar-refractivity contribution in [2.24, 2.45) is 0 Å². The highest BCUT2D eigenvalue weighted by Crippen LogP contribution is 2.21. The van der Waals surface area contributed by atoms with E-state index in [1.807, 2.05) is 0 Å². The Kier molecular flexibility index (Phi) is 2.29. The van der Waals surface area contributed by atoms with Crippen LogP contribution in [0.25, 0.3) is 4.96 Å². The number of fused-ring (bicyclic) bond motifs is 1. The van der Waals surface area contributed by atoms with Crippen molar-refractivity contribution in [2.75, 3.05) is 13.1 Å². The molecule has 0 aliphatic carbocycles. The topological polar surface area (TPSA) is 74.9 Å². The minimum Gasteiger partial charge on any atom is -0.386 e. The summed E-state index contributed by atoms with van der Waals surface area (Å²) in [6.07, 6.45) is 2.90. The Morgan fingerprint density at radius 3 is 2.94 bits per heavy atom. The molecular weight excluding hydrogens is 254 g/mol. The number of hydrogen-bond acceptors (Lipinski definition) is 5. The van der Waals surface area contributed by atoms with Crippen molar-refractivity contribution in [1.82, 2.24) is 14.3 Å². The summed E-state index contributed by atoms with van der Waals surface area (Å²) in [5.74, 6) is -0.375. The van der Waals surface area contributed by atoms with E-state index in [4.69, 9.17) is 0 Å². The van der Waals surface area contributed by atoms with Crippen LogP contribution in [0.5, 0.6) is 0 Å². The summed E-state index contributed by atoms with van der Waals surface area (Å²) in [7, 11) is 0. The van der Waals surface area contributed by atoms with E-state index in [9.17, 15) is 14.7 Å². The zero-order chi connectivity index (χ0) is 12.9. The van der Waals surface area contributed by atoms with Gasteiger partial charge in [0.05, 0.1) is 18.7 Å². The van der Waals surface area contributed by atoms with E-state index in [0.29, 0.717) is 4.96 Å². The van der Waals surface area contributed by atoms with Crippen molar-refractivity contribution >= 4 is 22.2 Å². The van der Waals surface area contributed by atoms with Gasteiger partial charge in [-0.2, -0.15) is 0 Å². The van der Waals surface area contributed by atoms with Crippen molar-refractivity contribution in [3.63, 3.8) is 0 Å². The number of amides is 1. The molecule has 1 saturated heterocycles. The number of nitrogens with zero attached hydrogens (tertiary/aromatic N) is 3. The molecule has 1 N–H and O–H groups in total. The van der Waals surface area contributed by atoms with Crippen molar-refractivity contribution in [3.8, 4) is 0 Å². The van der Waals surface area contributed by atoms with Gasteiger partial charge in [0, 0.05) is 17.8 Å². The molecular formula is C11H11N3O3S. The second kappa shape index (κ2) is 3.63. The third kappa shape index (κ3) is 1.63. The van der Waals surface area contributed by atoms with Crippen LogP contribution in [0.3, 0.4) is 0 Å². The summed E-state index contributed by atoms with van der Waals surface area (Å²) >= 11 is 1.34. The van der Waals surface area contributed by atoms with Gasteiger partial charge in [0.25, 0.3) is 11.5 Å². The van der Waals surface area contributed by atoms with Crippen LogP contribution in [0.15, 0.2) is 22.6 Å². The van der Waals surface area contributed by atoms with Gasteiger partial charge in [0.2, 0.25) is 0 Å². The number of rotatable bonds is 1. The first-order valence-electron chi connectivity index (χ1n) is 5.44.